The summed E-state index contributed by atoms with van der Waals surface area (Å²) in [6.45, 7) is 2.29. The van der Waals surface area contributed by atoms with E-state index in [4.69, 9.17) is 4.98 Å². The van der Waals surface area contributed by atoms with E-state index >= 15 is 0 Å². The third kappa shape index (κ3) is 3.06. The highest BCUT2D eigenvalue weighted by Gasteiger charge is 2.35. The fourth-order valence-electron chi connectivity index (χ4n) is 3.80. The Morgan fingerprint density at radius 3 is 2.68 bits per heavy atom. The predicted molar refractivity (Wildman–Crippen MR) is 85.3 cm³/mol. The van der Waals surface area contributed by atoms with Gasteiger partial charge in [-0.25, -0.2) is 0 Å². The molecule has 1 N–H and O–H groups in total. The Balaban J connectivity index is 1.86. The minimum Gasteiger partial charge on any atom is -0.316 e. The molecule has 1 saturated heterocycles. The minimum atomic E-state index is 0.617. The van der Waals surface area contributed by atoms with Crippen LogP contribution >= 0.6 is 31.9 Å². The number of hydrogen-bond donors (Lipinski definition) is 1. The highest BCUT2D eigenvalue weighted by atomic mass is 79.9. The average molecular weight is 388 g/mol. The molecule has 2 atom stereocenters. The Kier molecular flexibility index (Phi) is 4.60. The van der Waals surface area contributed by atoms with Crippen molar-refractivity contribution in [3.8, 4) is 0 Å². The van der Waals surface area contributed by atoms with Gasteiger partial charge in [-0.05, 0) is 69.3 Å². The van der Waals surface area contributed by atoms with Crippen molar-refractivity contribution in [2.75, 3.05) is 13.1 Å². The van der Waals surface area contributed by atoms with Crippen molar-refractivity contribution in [1.29, 1.82) is 0 Å². The SMILES string of the molecule is Brc1cnc(C2CCNCC2C2CCCC2)c(Br)c1. The molecule has 2 heterocycles. The molecule has 2 fully saturated rings. The number of aromatic nitrogens is 1. The lowest BCUT2D eigenvalue weighted by Crippen LogP contribution is -2.39. The maximum absolute atomic E-state index is 4.70. The molecule has 1 aromatic rings. The summed E-state index contributed by atoms with van der Waals surface area (Å²) < 4.78 is 2.21. The number of pyridine rings is 1. The van der Waals surface area contributed by atoms with Gasteiger partial charge in [0, 0.05) is 21.1 Å². The summed E-state index contributed by atoms with van der Waals surface area (Å²) in [5.41, 5.74) is 1.27. The summed E-state index contributed by atoms with van der Waals surface area (Å²) in [4.78, 5) is 4.70. The van der Waals surface area contributed by atoms with Crippen LogP contribution in [0.4, 0.5) is 0 Å². The molecule has 2 aliphatic rings. The molecule has 2 unspecified atom stereocenters. The number of nitrogens with one attached hydrogen (secondary N) is 1. The number of halogens is 2. The normalized spacial score (nSPS) is 28.7. The van der Waals surface area contributed by atoms with E-state index in [1.54, 1.807) is 0 Å². The molecular formula is C15H20Br2N2. The van der Waals surface area contributed by atoms with Crippen LogP contribution in [0.25, 0.3) is 0 Å². The van der Waals surface area contributed by atoms with Gasteiger partial charge in [0.2, 0.25) is 0 Å². The first kappa shape index (κ1) is 14.0. The second-order valence-electron chi connectivity index (χ2n) is 5.83. The van der Waals surface area contributed by atoms with Gasteiger partial charge in [-0.15, -0.1) is 0 Å². The van der Waals surface area contributed by atoms with Crippen molar-refractivity contribution >= 4 is 31.9 Å². The minimum absolute atomic E-state index is 0.617. The maximum atomic E-state index is 4.70. The zero-order valence-electron chi connectivity index (χ0n) is 11.0. The zero-order valence-corrected chi connectivity index (χ0v) is 14.2. The molecule has 1 aliphatic carbocycles. The number of piperidine rings is 1. The van der Waals surface area contributed by atoms with Crippen molar-refractivity contribution in [1.82, 2.24) is 10.3 Å². The molecular weight excluding hydrogens is 368 g/mol. The predicted octanol–water partition coefficient (Wildman–Crippen LogP) is 4.49. The van der Waals surface area contributed by atoms with Crippen LogP contribution in [0.3, 0.4) is 0 Å². The molecule has 19 heavy (non-hydrogen) atoms. The highest BCUT2D eigenvalue weighted by Crippen LogP contribution is 2.43. The van der Waals surface area contributed by atoms with E-state index in [1.807, 2.05) is 6.20 Å². The van der Waals surface area contributed by atoms with Gasteiger partial charge in [0.15, 0.2) is 0 Å². The Morgan fingerprint density at radius 2 is 1.95 bits per heavy atom. The molecule has 0 amide bonds. The van der Waals surface area contributed by atoms with E-state index in [0.29, 0.717) is 5.92 Å². The molecule has 0 radical (unpaired) electrons. The summed E-state index contributed by atoms with van der Waals surface area (Å²) in [6.07, 6.45) is 8.82. The van der Waals surface area contributed by atoms with E-state index < -0.39 is 0 Å². The molecule has 104 valence electrons. The van der Waals surface area contributed by atoms with Crippen LogP contribution in [0.5, 0.6) is 0 Å². The fourth-order valence-corrected chi connectivity index (χ4v) is 5.08. The fraction of sp³-hybridized carbons (Fsp3) is 0.667. The average Bonchev–Trinajstić information content (AvgIpc) is 2.93. The summed E-state index contributed by atoms with van der Waals surface area (Å²) in [5.74, 6) is 2.28. The van der Waals surface area contributed by atoms with Gasteiger partial charge >= 0.3 is 0 Å². The Bertz CT molecular complexity index is 444. The van der Waals surface area contributed by atoms with Crippen LogP contribution in [0.15, 0.2) is 21.2 Å². The lowest BCUT2D eigenvalue weighted by Gasteiger charge is -2.36. The zero-order chi connectivity index (χ0) is 13.2. The lowest BCUT2D eigenvalue weighted by molar-refractivity contribution is 0.227. The van der Waals surface area contributed by atoms with E-state index in [0.717, 1.165) is 27.3 Å². The van der Waals surface area contributed by atoms with Gasteiger partial charge in [-0.1, -0.05) is 25.7 Å². The first-order valence-electron chi connectivity index (χ1n) is 7.27. The third-order valence-electron chi connectivity index (χ3n) is 4.72. The largest absolute Gasteiger partial charge is 0.316 e. The molecule has 0 spiro atoms. The van der Waals surface area contributed by atoms with Gasteiger partial charge in [0.25, 0.3) is 0 Å². The summed E-state index contributed by atoms with van der Waals surface area (Å²) in [6, 6.07) is 2.13. The van der Waals surface area contributed by atoms with Crippen molar-refractivity contribution in [3.63, 3.8) is 0 Å². The van der Waals surface area contributed by atoms with Crippen molar-refractivity contribution in [2.45, 2.75) is 38.0 Å². The molecule has 4 heteroatoms. The van der Waals surface area contributed by atoms with Crippen LogP contribution in [0.2, 0.25) is 0 Å². The monoisotopic (exact) mass is 386 g/mol. The highest BCUT2D eigenvalue weighted by molar-refractivity contribution is 9.11. The Labute approximate surface area is 132 Å². The first-order chi connectivity index (χ1) is 9.25. The summed E-state index contributed by atoms with van der Waals surface area (Å²) in [5, 5.41) is 3.59. The second kappa shape index (κ2) is 6.23. The van der Waals surface area contributed by atoms with Gasteiger partial charge in [-0.2, -0.15) is 0 Å². The van der Waals surface area contributed by atoms with Crippen LogP contribution in [-0.2, 0) is 0 Å². The standard InChI is InChI=1S/C15H20Br2N2/c16-11-7-14(17)15(19-8-11)12-5-6-18-9-13(12)10-3-1-2-4-10/h7-8,10,12-13,18H,1-6,9H2. The lowest BCUT2D eigenvalue weighted by atomic mass is 9.75. The van der Waals surface area contributed by atoms with Crippen LogP contribution < -0.4 is 5.32 Å². The van der Waals surface area contributed by atoms with E-state index in [1.165, 1.54) is 44.3 Å². The summed E-state index contributed by atoms with van der Waals surface area (Å²) >= 11 is 7.20. The third-order valence-corrected chi connectivity index (χ3v) is 5.79. The number of hydrogen-bond acceptors (Lipinski definition) is 2. The smallest absolute Gasteiger partial charge is 0.0581 e. The number of rotatable bonds is 2. The molecule has 0 bridgehead atoms. The van der Waals surface area contributed by atoms with E-state index in [2.05, 4.69) is 43.2 Å². The van der Waals surface area contributed by atoms with Crippen LogP contribution in [0.1, 0.15) is 43.7 Å². The Morgan fingerprint density at radius 1 is 1.16 bits per heavy atom. The molecule has 0 aromatic carbocycles. The second-order valence-corrected chi connectivity index (χ2v) is 7.60. The molecule has 2 nitrogen and oxygen atoms in total. The van der Waals surface area contributed by atoms with Crippen LogP contribution in [0, 0.1) is 11.8 Å². The maximum Gasteiger partial charge on any atom is 0.0581 e. The topological polar surface area (TPSA) is 24.9 Å². The van der Waals surface area contributed by atoms with E-state index in [-0.39, 0.29) is 0 Å². The molecule has 1 saturated carbocycles. The van der Waals surface area contributed by atoms with Gasteiger partial charge in [0.1, 0.15) is 0 Å². The van der Waals surface area contributed by atoms with E-state index in [9.17, 15) is 0 Å². The van der Waals surface area contributed by atoms with Gasteiger partial charge < -0.3 is 5.32 Å². The van der Waals surface area contributed by atoms with Crippen LogP contribution in [-0.4, -0.2) is 18.1 Å². The first-order valence-corrected chi connectivity index (χ1v) is 8.86. The van der Waals surface area contributed by atoms with Crippen molar-refractivity contribution in [3.05, 3.63) is 26.9 Å². The van der Waals surface area contributed by atoms with Crippen molar-refractivity contribution in [2.24, 2.45) is 11.8 Å². The molecule has 3 rings (SSSR count). The molecule has 1 aliphatic heterocycles. The molecule has 1 aromatic heterocycles. The quantitative estimate of drug-likeness (QED) is 0.808. The van der Waals surface area contributed by atoms with Gasteiger partial charge in [-0.3, -0.25) is 4.98 Å². The van der Waals surface area contributed by atoms with Crippen molar-refractivity contribution < 1.29 is 0 Å². The summed E-state index contributed by atoms with van der Waals surface area (Å²) in [7, 11) is 0. The number of nitrogens with zero attached hydrogens (tertiary/aromatic N) is 1. The Hall–Kier alpha value is 0.0700. The van der Waals surface area contributed by atoms with Gasteiger partial charge in [0.05, 0.1) is 5.69 Å².